The Kier molecular flexibility index (Phi) is 8.19. The Morgan fingerprint density at radius 3 is 2.64 bits per heavy atom. The third kappa shape index (κ3) is 6.49. The smallest absolute Gasteiger partial charge is 0.246 e. The van der Waals surface area contributed by atoms with E-state index in [4.69, 9.17) is 4.74 Å². The number of aromatic nitrogens is 1. The van der Waals surface area contributed by atoms with E-state index in [-0.39, 0.29) is 18.4 Å². The van der Waals surface area contributed by atoms with Gasteiger partial charge in [-0.05, 0) is 44.5 Å². The van der Waals surface area contributed by atoms with Gasteiger partial charge in [0.2, 0.25) is 11.8 Å². The molecular weight excluding hydrogens is 374 g/mol. The second kappa shape index (κ2) is 10.6. The molecule has 150 valence electrons. The first-order valence-electron chi connectivity index (χ1n) is 9.27. The number of hydrogen-bond acceptors (Lipinski definition) is 5. The first-order chi connectivity index (χ1) is 13.4. The van der Waals surface area contributed by atoms with E-state index in [1.165, 1.54) is 11.0 Å². The maximum Gasteiger partial charge on any atom is 0.246 e. The fraction of sp³-hybridized carbons (Fsp3) is 0.381. The van der Waals surface area contributed by atoms with Crippen LogP contribution in [0, 0.1) is 6.92 Å². The van der Waals surface area contributed by atoms with E-state index in [1.54, 1.807) is 29.4 Å². The molecule has 2 aromatic rings. The third-order valence-corrected chi connectivity index (χ3v) is 5.02. The Bertz CT molecular complexity index is 828. The molecule has 0 N–H and O–H groups in total. The lowest BCUT2D eigenvalue weighted by Crippen LogP contribution is -2.40. The SMILES string of the molecule is CCN(CC)C(=O)CN(C)C(=O)/C=C/c1cccc(OCc2csc(C)n2)c1. The summed E-state index contributed by atoms with van der Waals surface area (Å²) >= 11 is 1.59. The zero-order chi connectivity index (χ0) is 20.5. The number of amides is 2. The molecule has 2 amide bonds. The Morgan fingerprint density at radius 1 is 1.25 bits per heavy atom. The van der Waals surface area contributed by atoms with Crippen LogP contribution in [0.4, 0.5) is 0 Å². The van der Waals surface area contributed by atoms with Gasteiger partial charge in [0.25, 0.3) is 0 Å². The molecule has 1 aromatic heterocycles. The lowest BCUT2D eigenvalue weighted by atomic mass is 10.2. The summed E-state index contributed by atoms with van der Waals surface area (Å²) in [7, 11) is 1.63. The second-order valence-corrected chi connectivity index (χ2v) is 7.37. The largest absolute Gasteiger partial charge is 0.487 e. The lowest BCUT2D eigenvalue weighted by Gasteiger charge is -2.22. The number of likely N-dealkylation sites (N-methyl/N-ethyl adjacent to an activating group) is 2. The van der Waals surface area contributed by atoms with Gasteiger partial charge >= 0.3 is 0 Å². The minimum atomic E-state index is -0.218. The molecular formula is C21H27N3O3S. The van der Waals surface area contributed by atoms with Crippen LogP contribution in [-0.2, 0) is 16.2 Å². The maximum absolute atomic E-state index is 12.3. The van der Waals surface area contributed by atoms with E-state index < -0.39 is 0 Å². The monoisotopic (exact) mass is 401 g/mol. The third-order valence-electron chi connectivity index (χ3n) is 4.19. The normalized spacial score (nSPS) is 10.9. The Balaban J connectivity index is 1.91. The molecule has 0 aliphatic carbocycles. The fourth-order valence-corrected chi connectivity index (χ4v) is 3.19. The molecule has 6 nitrogen and oxygen atoms in total. The summed E-state index contributed by atoms with van der Waals surface area (Å²) in [5, 5.41) is 2.99. The minimum Gasteiger partial charge on any atom is -0.487 e. The number of carbonyl (C=O) groups is 2. The molecule has 1 heterocycles. The lowest BCUT2D eigenvalue weighted by molar-refractivity contribution is -0.136. The summed E-state index contributed by atoms with van der Waals surface area (Å²) in [6, 6.07) is 7.50. The van der Waals surface area contributed by atoms with Crippen LogP contribution in [-0.4, -0.2) is 53.3 Å². The maximum atomic E-state index is 12.3. The standard InChI is InChI=1S/C21H27N3O3S/c1-5-24(6-2)21(26)13-23(4)20(25)11-10-17-8-7-9-19(12-17)27-14-18-15-28-16(3)22-18/h7-12,15H,5-6,13-14H2,1-4H3/b11-10+. The highest BCUT2D eigenvalue weighted by Gasteiger charge is 2.14. The van der Waals surface area contributed by atoms with Gasteiger partial charge < -0.3 is 14.5 Å². The molecule has 2 rings (SSSR count). The number of aryl methyl sites for hydroxylation is 1. The van der Waals surface area contributed by atoms with Crippen LogP contribution in [0.2, 0.25) is 0 Å². The fourth-order valence-electron chi connectivity index (χ4n) is 2.59. The molecule has 0 bridgehead atoms. The van der Waals surface area contributed by atoms with Gasteiger partial charge in [-0.2, -0.15) is 0 Å². The number of nitrogens with zero attached hydrogens (tertiary/aromatic N) is 3. The van der Waals surface area contributed by atoms with Gasteiger partial charge in [0.15, 0.2) is 0 Å². The van der Waals surface area contributed by atoms with E-state index in [2.05, 4.69) is 4.98 Å². The van der Waals surface area contributed by atoms with Crippen molar-refractivity contribution in [1.82, 2.24) is 14.8 Å². The van der Waals surface area contributed by atoms with Gasteiger partial charge in [-0.3, -0.25) is 9.59 Å². The van der Waals surface area contributed by atoms with Crippen molar-refractivity contribution >= 4 is 29.2 Å². The van der Waals surface area contributed by atoms with Gasteiger partial charge in [-0.25, -0.2) is 4.98 Å². The number of ether oxygens (including phenoxy) is 1. The van der Waals surface area contributed by atoms with Crippen LogP contribution in [0.15, 0.2) is 35.7 Å². The van der Waals surface area contributed by atoms with Crippen molar-refractivity contribution in [3.63, 3.8) is 0 Å². The van der Waals surface area contributed by atoms with Gasteiger partial charge in [0.1, 0.15) is 12.4 Å². The highest BCUT2D eigenvalue weighted by atomic mass is 32.1. The van der Waals surface area contributed by atoms with Crippen LogP contribution in [0.25, 0.3) is 6.08 Å². The summed E-state index contributed by atoms with van der Waals surface area (Å²) in [4.78, 5) is 31.9. The Labute approximate surface area is 170 Å². The zero-order valence-corrected chi connectivity index (χ0v) is 17.7. The highest BCUT2D eigenvalue weighted by molar-refractivity contribution is 7.09. The molecule has 0 saturated carbocycles. The molecule has 0 radical (unpaired) electrons. The van der Waals surface area contributed by atoms with Crippen molar-refractivity contribution in [2.75, 3.05) is 26.7 Å². The van der Waals surface area contributed by atoms with Crippen LogP contribution in [0.5, 0.6) is 5.75 Å². The van der Waals surface area contributed by atoms with Crippen LogP contribution >= 0.6 is 11.3 Å². The zero-order valence-electron chi connectivity index (χ0n) is 16.8. The van der Waals surface area contributed by atoms with Gasteiger partial charge in [-0.1, -0.05) is 12.1 Å². The van der Waals surface area contributed by atoms with Crippen molar-refractivity contribution in [3.05, 3.63) is 52.0 Å². The molecule has 0 unspecified atom stereocenters. The molecule has 7 heteroatoms. The average Bonchev–Trinajstić information content (AvgIpc) is 3.11. The van der Waals surface area contributed by atoms with Gasteiger partial charge in [0, 0.05) is 31.6 Å². The molecule has 1 aromatic carbocycles. The summed E-state index contributed by atoms with van der Waals surface area (Å²) < 4.78 is 5.77. The number of hydrogen-bond donors (Lipinski definition) is 0. The second-order valence-electron chi connectivity index (χ2n) is 6.31. The van der Waals surface area contributed by atoms with Crippen LogP contribution in [0.1, 0.15) is 30.1 Å². The number of benzene rings is 1. The number of rotatable bonds is 9. The topological polar surface area (TPSA) is 62.7 Å². The Hall–Kier alpha value is -2.67. The predicted molar refractivity (Wildman–Crippen MR) is 112 cm³/mol. The van der Waals surface area contributed by atoms with E-state index in [9.17, 15) is 9.59 Å². The van der Waals surface area contributed by atoms with E-state index in [0.717, 1.165) is 16.3 Å². The molecule has 28 heavy (non-hydrogen) atoms. The summed E-state index contributed by atoms with van der Waals surface area (Å²) in [5.41, 5.74) is 1.75. The summed E-state index contributed by atoms with van der Waals surface area (Å²) in [5.74, 6) is 0.442. The van der Waals surface area contributed by atoms with Crippen molar-refractivity contribution in [3.8, 4) is 5.75 Å². The van der Waals surface area contributed by atoms with Crippen molar-refractivity contribution in [1.29, 1.82) is 0 Å². The molecule has 0 fully saturated rings. The van der Waals surface area contributed by atoms with Crippen LogP contribution in [0.3, 0.4) is 0 Å². The molecule has 0 atom stereocenters. The average molecular weight is 402 g/mol. The first kappa shape index (κ1) is 21.6. The predicted octanol–water partition coefficient (Wildman–Crippen LogP) is 3.37. The van der Waals surface area contributed by atoms with Gasteiger partial charge in [-0.15, -0.1) is 11.3 Å². The van der Waals surface area contributed by atoms with Crippen molar-refractivity contribution in [2.24, 2.45) is 0 Å². The summed E-state index contributed by atoms with van der Waals surface area (Å²) in [6.07, 6.45) is 3.19. The number of carbonyl (C=O) groups excluding carboxylic acids is 2. The van der Waals surface area contributed by atoms with Gasteiger partial charge in [0.05, 0.1) is 17.2 Å². The van der Waals surface area contributed by atoms with Crippen molar-refractivity contribution < 1.29 is 14.3 Å². The van der Waals surface area contributed by atoms with E-state index >= 15 is 0 Å². The molecule has 0 spiro atoms. The van der Waals surface area contributed by atoms with Crippen molar-refractivity contribution in [2.45, 2.75) is 27.4 Å². The Morgan fingerprint density at radius 2 is 2.00 bits per heavy atom. The minimum absolute atomic E-state index is 0.0538. The highest BCUT2D eigenvalue weighted by Crippen LogP contribution is 2.17. The molecule has 0 aliphatic rings. The molecule has 0 saturated heterocycles. The summed E-state index contributed by atoms with van der Waals surface area (Å²) in [6.45, 7) is 7.57. The van der Waals surface area contributed by atoms with E-state index in [0.29, 0.717) is 25.4 Å². The van der Waals surface area contributed by atoms with E-state index in [1.807, 2.05) is 50.4 Å². The quantitative estimate of drug-likeness (QED) is 0.605. The van der Waals surface area contributed by atoms with Crippen LogP contribution < -0.4 is 4.74 Å². The molecule has 0 aliphatic heterocycles. The first-order valence-corrected chi connectivity index (χ1v) is 10.2. The number of thiazole rings is 1.